The maximum absolute atomic E-state index is 11.8. The van der Waals surface area contributed by atoms with Gasteiger partial charge in [-0.3, -0.25) is 14.6 Å². The number of nitrogens with zero attached hydrogens (tertiary/aromatic N) is 1. The molecule has 0 saturated heterocycles. The lowest BCUT2D eigenvalue weighted by molar-refractivity contribution is -0.139. The van der Waals surface area contributed by atoms with Crippen LogP contribution in [-0.2, 0) is 16.1 Å². The van der Waals surface area contributed by atoms with Gasteiger partial charge in [0.1, 0.15) is 0 Å². The average Bonchev–Trinajstić information content (AvgIpc) is 2.54. The van der Waals surface area contributed by atoms with Gasteiger partial charge in [-0.2, -0.15) is 0 Å². The summed E-state index contributed by atoms with van der Waals surface area (Å²) in [6.45, 7) is 2.06. The first-order valence-corrected chi connectivity index (χ1v) is 6.70. The van der Waals surface area contributed by atoms with Crippen molar-refractivity contribution in [1.82, 2.24) is 15.6 Å². The molecule has 0 radical (unpaired) electrons. The van der Waals surface area contributed by atoms with Crippen LogP contribution >= 0.6 is 0 Å². The van der Waals surface area contributed by atoms with E-state index in [0.29, 0.717) is 5.69 Å². The van der Waals surface area contributed by atoms with Gasteiger partial charge in [0.15, 0.2) is 0 Å². The molecule has 0 bridgehead atoms. The van der Waals surface area contributed by atoms with Gasteiger partial charge in [0, 0.05) is 6.20 Å². The monoisotopic (exact) mass is 283 g/mol. The molecule has 1 aromatic heterocycles. The van der Waals surface area contributed by atoms with Gasteiger partial charge in [-0.15, -0.1) is 0 Å². The van der Waals surface area contributed by atoms with Gasteiger partial charge in [0.25, 0.3) is 0 Å². The first kappa shape index (κ1) is 14.7. The highest BCUT2D eigenvalue weighted by Gasteiger charge is 2.16. The van der Waals surface area contributed by atoms with Gasteiger partial charge in [0.2, 0.25) is 0 Å². The zero-order chi connectivity index (χ0) is 15.1. The van der Waals surface area contributed by atoms with Crippen LogP contribution in [0.3, 0.4) is 0 Å². The van der Waals surface area contributed by atoms with Crippen LogP contribution in [-0.4, -0.2) is 16.8 Å². The summed E-state index contributed by atoms with van der Waals surface area (Å²) in [4.78, 5) is 27.6. The lowest BCUT2D eigenvalue weighted by Crippen LogP contribution is -2.40. The Kier molecular flexibility index (Phi) is 5.04. The van der Waals surface area contributed by atoms with Crippen molar-refractivity contribution in [1.29, 1.82) is 0 Å². The predicted octanol–water partition coefficient (Wildman–Crippen LogP) is 1.58. The summed E-state index contributed by atoms with van der Waals surface area (Å²) in [5.74, 6) is -1.31. The second kappa shape index (κ2) is 7.19. The zero-order valence-corrected chi connectivity index (χ0v) is 11.7. The number of benzene rings is 1. The molecule has 0 aliphatic rings. The number of nitrogens with one attached hydrogen (secondary N) is 2. The van der Waals surface area contributed by atoms with Crippen molar-refractivity contribution in [3.05, 3.63) is 66.0 Å². The lowest BCUT2D eigenvalue weighted by atomic mass is 10.1. The van der Waals surface area contributed by atoms with Crippen molar-refractivity contribution in [3.63, 3.8) is 0 Å². The molecule has 0 aliphatic carbocycles. The third-order valence-electron chi connectivity index (χ3n) is 3.01. The molecule has 1 atom stereocenters. The lowest BCUT2D eigenvalue weighted by Gasteiger charge is -2.13. The molecule has 21 heavy (non-hydrogen) atoms. The topological polar surface area (TPSA) is 71.1 Å². The molecule has 1 aromatic carbocycles. The predicted molar refractivity (Wildman–Crippen MR) is 79.1 cm³/mol. The van der Waals surface area contributed by atoms with Crippen LogP contribution in [0.25, 0.3) is 0 Å². The van der Waals surface area contributed by atoms with E-state index in [-0.39, 0.29) is 12.6 Å². The van der Waals surface area contributed by atoms with Crippen LogP contribution in [0.2, 0.25) is 0 Å². The number of aromatic nitrogens is 1. The van der Waals surface area contributed by atoms with Gasteiger partial charge >= 0.3 is 11.8 Å². The molecule has 1 heterocycles. The van der Waals surface area contributed by atoms with E-state index in [1.807, 2.05) is 43.3 Å². The highest BCUT2D eigenvalue weighted by molar-refractivity contribution is 6.35. The Morgan fingerprint density at radius 3 is 2.43 bits per heavy atom. The van der Waals surface area contributed by atoms with Crippen LogP contribution in [0.4, 0.5) is 0 Å². The molecule has 5 nitrogen and oxygen atoms in total. The van der Waals surface area contributed by atoms with E-state index < -0.39 is 11.8 Å². The first-order chi connectivity index (χ1) is 10.2. The molecule has 2 rings (SSSR count). The quantitative estimate of drug-likeness (QED) is 0.837. The van der Waals surface area contributed by atoms with Crippen LogP contribution in [0, 0.1) is 0 Å². The molecular formula is C16H17N3O2. The summed E-state index contributed by atoms with van der Waals surface area (Å²) in [6.07, 6.45) is 1.64. The molecule has 108 valence electrons. The van der Waals surface area contributed by atoms with E-state index >= 15 is 0 Å². The molecular weight excluding hydrogens is 266 g/mol. The zero-order valence-electron chi connectivity index (χ0n) is 11.7. The standard InChI is InChI=1S/C16H17N3O2/c1-12(13-7-3-2-4-8-13)19-16(21)15(20)18-11-14-9-5-6-10-17-14/h2-10,12H,11H2,1H3,(H,18,20)(H,19,21)/t12-/m1/s1. The smallest absolute Gasteiger partial charge is 0.309 e. The number of carbonyl (C=O) groups excluding carboxylic acids is 2. The molecule has 0 fully saturated rings. The van der Waals surface area contributed by atoms with Crippen molar-refractivity contribution in [2.45, 2.75) is 19.5 Å². The van der Waals surface area contributed by atoms with Crippen molar-refractivity contribution < 1.29 is 9.59 Å². The second-order valence-electron chi connectivity index (χ2n) is 4.61. The van der Waals surface area contributed by atoms with Gasteiger partial charge < -0.3 is 10.6 Å². The normalized spacial score (nSPS) is 11.5. The number of hydrogen-bond donors (Lipinski definition) is 2. The van der Waals surface area contributed by atoms with E-state index in [1.165, 1.54) is 0 Å². The first-order valence-electron chi connectivity index (χ1n) is 6.70. The minimum Gasteiger partial charge on any atom is -0.342 e. The van der Waals surface area contributed by atoms with E-state index in [0.717, 1.165) is 5.56 Å². The Morgan fingerprint density at radius 2 is 1.76 bits per heavy atom. The summed E-state index contributed by atoms with van der Waals surface area (Å²) >= 11 is 0. The van der Waals surface area contributed by atoms with Crippen LogP contribution < -0.4 is 10.6 Å². The summed E-state index contributed by atoms with van der Waals surface area (Å²) in [6, 6.07) is 14.7. The summed E-state index contributed by atoms with van der Waals surface area (Å²) in [5, 5.41) is 5.20. The Balaban J connectivity index is 1.84. The largest absolute Gasteiger partial charge is 0.342 e. The Morgan fingerprint density at radius 1 is 1.05 bits per heavy atom. The summed E-state index contributed by atoms with van der Waals surface area (Å²) in [7, 11) is 0. The molecule has 0 unspecified atom stereocenters. The fourth-order valence-corrected chi connectivity index (χ4v) is 1.84. The summed E-state index contributed by atoms with van der Waals surface area (Å²) in [5.41, 5.74) is 1.65. The number of amides is 2. The van der Waals surface area contributed by atoms with Gasteiger partial charge in [0.05, 0.1) is 18.3 Å². The summed E-state index contributed by atoms with van der Waals surface area (Å²) < 4.78 is 0. The number of rotatable bonds is 4. The third-order valence-corrected chi connectivity index (χ3v) is 3.01. The van der Waals surface area contributed by atoms with Crippen molar-refractivity contribution in [3.8, 4) is 0 Å². The fraction of sp³-hybridized carbons (Fsp3) is 0.188. The maximum atomic E-state index is 11.8. The molecule has 0 aliphatic heterocycles. The molecule has 0 saturated carbocycles. The van der Waals surface area contributed by atoms with E-state index in [9.17, 15) is 9.59 Å². The molecule has 0 spiro atoms. The Bertz CT molecular complexity index is 599. The van der Waals surface area contributed by atoms with E-state index in [4.69, 9.17) is 0 Å². The minimum absolute atomic E-state index is 0.223. The van der Waals surface area contributed by atoms with Crippen molar-refractivity contribution >= 4 is 11.8 Å². The van der Waals surface area contributed by atoms with E-state index in [1.54, 1.807) is 18.3 Å². The molecule has 2 amide bonds. The number of pyridine rings is 1. The van der Waals surface area contributed by atoms with Crippen LogP contribution in [0.15, 0.2) is 54.7 Å². The van der Waals surface area contributed by atoms with Gasteiger partial charge in [-0.05, 0) is 24.6 Å². The van der Waals surface area contributed by atoms with Crippen molar-refractivity contribution in [2.75, 3.05) is 0 Å². The van der Waals surface area contributed by atoms with Crippen LogP contribution in [0.1, 0.15) is 24.2 Å². The Labute approximate surface area is 123 Å². The second-order valence-corrected chi connectivity index (χ2v) is 4.61. The Hall–Kier alpha value is -2.69. The van der Waals surface area contributed by atoms with Crippen LogP contribution in [0.5, 0.6) is 0 Å². The molecule has 5 heteroatoms. The van der Waals surface area contributed by atoms with Gasteiger partial charge in [-0.25, -0.2) is 0 Å². The van der Waals surface area contributed by atoms with Gasteiger partial charge in [-0.1, -0.05) is 36.4 Å². The number of hydrogen-bond acceptors (Lipinski definition) is 3. The average molecular weight is 283 g/mol. The fourth-order valence-electron chi connectivity index (χ4n) is 1.84. The minimum atomic E-state index is -0.663. The SMILES string of the molecule is C[C@@H](NC(=O)C(=O)NCc1ccccn1)c1ccccc1. The highest BCUT2D eigenvalue weighted by atomic mass is 16.2. The molecule has 2 N–H and O–H groups in total. The van der Waals surface area contributed by atoms with Crippen molar-refractivity contribution in [2.24, 2.45) is 0 Å². The van der Waals surface area contributed by atoms with E-state index in [2.05, 4.69) is 15.6 Å². The third kappa shape index (κ3) is 4.42. The highest BCUT2D eigenvalue weighted by Crippen LogP contribution is 2.10. The number of carbonyl (C=O) groups is 2. The molecule has 2 aromatic rings. The maximum Gasteiger partial charge on any atom is 0.309 e.